The van der Waals surface area contributed by atoms with Crippen LogP contribution in [0.4, 0.5) is 0 Å². The summed E-state index contributed by atoms with van der Waals surface area (Å²) in [5, 5.41) is 0. The molecular weight excluding hydrogens is 306 g/mol. The third-order valence-electron chi connectivity index (χ3n) is 4.55. The predicted octanol–water partition coefficient (Wildman–Crippen LogP) is 3.75. The Morgan fingerprint density at radius 1 is 0.957 bits per heavy atom. The fraction of sp³-hybridized carbons (Fsp3) is 0.211. The number of hydrogen-bond donors (Lipinski definition) is 0. The molecule has 1 fully saturated rings. The van der Waals surface area contributed by atoms with Crippen molar-refractivity contribution < 1.29 is 8.42 Å². The smallest absolute Gasteiger partial charge is 0.175 e. The Bertz CT molecular complexity index is 919. The molecule has 1 spiro atoms. The quantitative estimate of drug-likeness (QED) is 0.864. The lowest BCUT2D eigenvalue weighted by Crippen LogP contribution is -1.97. The van der Waals surface area contributed by atoms with Crippen molar-refractivity contribution in [2.45, 2.75) is 17.7 Å². The minimum atomic E-state index is -3.16. The van der Waals surface area contributed by atoms with Crippen molar-refractivity contribution in [2.24, 2.45) is 5.41 Å². The van der Waals surface area contributed by atoms with Gasteiger partial charge in [-0.25, -0.2) is 8.42 Å². The Labute approximate surface area is 136 Å². The Hall–Kier alpha value is -2.20. The van der Waals surface area contributed by atoms with E-state index in [0.29, 0.717) is 4.90 Å². The van der Waals surface area contributed by atoms with Crippen LogP contribution in [0.3, 0.4) is 0 Å². The summed E-state index contributed by atoms with van der Waals surface area (Å²) in [5.74, 6) is 0. The molecule has 0 N–H and O–H groups in total. The Morgan fingerprint density at radius 3 is 2.13 bits per heavy atom. The van der Waals surface area contributed by atoms with Crippen LogP contribution in [0, 0.1) is 5.41 Å². The van der Waals surface area contributed by atoms with Gasteiger partial charge in [-0.15, -0.1) is 0 Å². The van der Waals surface area contributed by atoms with Crippen LogP contribution in [0.1, 0.15) is 24.0 Å². The lowest BCUT2D eigenvalue weighted by Gasteiger charge is -2.10. The van der Waals surface area contributed by atoms with E-state index in [1.165, 1.54) is 30.2 Å². The number of nitrogens with zero attached hydrogens (tertiary/aromatic N) is 1. The van der Waals surface area contributed by atoms with Gasteiger partial charge in [0, 0.05) is 29.6 Å². The van der Waals surface area contributed by atoms with Crippen LogP contribution >= 0.6 is 0 Å². The Morgan fingerprint density at radius 2 is 1.61 bits per heavy atom. The average molecular weight is 323 g/mol. The minimum absolute atomic E-state index is 0.204. The molecule has 1 aromatic carbocycles. The zero-order valence-corrected chi connectivity index (χ0v) is 13.7. The molecule has 4 heteroatoms. The van der Waals surface area contributed by atoms with Gasteiger partial charge in [-0.05, 0) is 47.8 Å². The van der Waals surface area contributed by atoms with E-state index in [2.05, 4.69) is 23.2 Å². The highest BCUT2D eigenvalue weighted by Gasteiger charge is 2.43. The van der Waals surface area contributed by atoms with E-state index in [9.17, 15) is 8.42 Å². The summed E-state index contributed by atoms with van der Waals surface area (Å²) >= 11 is 0. The van der Waals surface area contributed by atoms with Crippen LogP contribution in [-0.4, -0.2) is 19.7 Å². The molecule has 3 nitrogen and oxygen atoms in total. The maximum absolute atomic E-state index is 11.6. The number of hydrogen-bond acceptors (Lipinski definition) is 3. The van der Waals surface area contributed by atoms with Gasteiger partial charge in [0.2, 0.25) is 0 Å². The normalized spacial score (nSPS) is 18.7. The minimum Gasteiger partial charge on any atom is -0.264 e. The number of allylic oxidation sites excluding steroid dienone is 4. The average Bonchev–Trinajstić information content (AvgIpc) is 3.18. The van der Waals surface area contributed by atoms with Crippen molar-refractivity contribution in [3.63, 3.8) is 0 Å². The zero-order valence-electron chi connectivity index (χ0n) is 12.9. The summed E-state index contributed by atoms with van der Waals surface area (Å²) in [5.41, 5.74) is 4.74. The van der Waals surface area contributed by atoms with Gasteiger partial charge in [0.25, 0.3) is 0 Å². The van der Waals surface area contributed by atoms with Crippen LogP contribution in [0.2, 0.25) is 0 Å². The third-order valence-corrected chi connectivity index (χ3v) is 5.68. The van der Waals surface area contributed by atoms with E-state index in [1.807, 2.05) is 24.4 Å². The number of pyridine rings is 1. The monoisotopic (exact) mass is 323 g/mol. The summed E-state index contributed by atoms with van der Waals surface area (Å²) in [6, 6.07) is 11.2. The molecule has 0 bridgehead atoms. The molecule has 0 atom stereocenters. The molecule has 23 heavy (non-hydrogen) atoms. The fourth-order valence-corrected chi connectivity index (χ4v) is 3.72. The second-order valence-electron chi connectivity index (χ2n) is 6.39. The number of sulfone groups is 1. The molecule has 0 radical (unpaired) electrons. The van der Waals surface area contributed by atoms with Crippen molar-refractivity contribution in [3.05, 3.63) is 72.1 Å². The molecule has 0 unspecified atom stereocenters. The predicted molar refractivity (Wildman–Crippen MR) is 91.4 cm³/mol. The van der Waals surface area contributed by atoms with Crippen molar-refractivity contribution in [1.29, 1.82) is 0 Å². The first-order valence-electron chi connectivity index (χ1n) is 7.64. The van der Waals surface area contributed by atoms with Gasteiger partial charge < -0.3 is 0 Å². The van der Waals surface area contributed by atoms with Gasteiger partial charge in [0.15, 0.2) is 9.84 Å². The second kappa shape index (κ2) is 4.90. The maximum atomic E-state index is 11.6. The number of rotatable bonds is 3. The summed E-state index contributed by atoms with van der Waals surface area (Å²) in [6.45, 7) is 0. The topological polar surface area (TPSA) is 47.0 Å². The van der Waals surface area contributed by atoms with Gasteiger partial charge in [-0.3, -0.25) is 4.98 Å². The van der Waals surface area contributed by atoms with Crippen LogP contribution in [-0.2, 0) is 9.84 Å². The summed E-state index contributed by atoms with van der Waals surface area (Å²) in [6.07, 6.45) is 11.9. The Kier molecular flexibility index (Phi) is 3.07. The highest BCUT2D eigenvalue weighted by atomic mass is 32.2. The van der Waals surface area contributed by atoms with Gasteiger partial charge >= 0.3 is 0 Å². The van der Waals surface area contributed by atoms with Gasteiger partial charge in [0.1, 0.15) is 0 Å². The SMILES string of the molecule is CS(=O)(=O)c1ccc(C2=CC3(C=C2c2cccnc2)CC3)cc1. The number of benzene rings is 1. The van der Waals surface area contributed by atoms with Crippen molar-refractivity contribution >= 4 is 21.0 Å². The summed E-state index contributed by atoms with van der Waals surface area (Å²) < 4.78 is 23.3. The standard InChI is InChI=1S/C19H17NO2S/c1-23(21,22)16-6-4-14(5-7-16)17-11-19(8-9-19)12-18(17)15-3-2-10-20-13-15/h2-7,10-13H,8-9H2,1H3. The van der Waals surface area contributed by atoms with Crippen LogP contribution < -0.4 is 0 Å². The molecule has 1 saturated carbocycles. The summed E-state index contributed by atoms with van der Waals surface area (Å²) in [7, 11) is -3.16. The zero-order chi connectivity index (χ0) is 16.1. The maximum Gasteiger partial charge on any atom is 0.175 e. The van der Waals surface area contributed by atoms with Crippen molar-refractivity contribution in [2.75, 3.05) is 6.26 Å². The second-order valence-corrected chi connectivity index (χ2v) is 8.40. The van der Waals surface area contributed by atoms with Gasteiger partial charge in [-0.2, -0.15) is 0 Å². The molecule has 0 saturated heterocycles. The highest BCUT2D eigenvalue weighted by molar-refractivity contribution is 7.90. The van der Waals surface area contributed by atoms with Crippen molar-refractivity contribution in [1.82, 2.24) is 4.98 Å². The molecule has 0 aliphatic heterocycles. The van der Waals surface area contributed by atoms with E-state index in [1.54, 1.807) is 18.3 Å². The molecule has 4 rings (SSSR count). The Balaban J connectivity index is 1.77. The highest BCUT2D eigenvalue weighted by Crippen LogP contribution is 2.57. The first-order valence-corrected chi connectivity index (χ1v) is 9.53. The molecule has 2 aromatic rings. The third kappa shape index (κ3) is 2.63. The van der Waals surface area contributed by atoms with E-state index >= 15 is 0 Å². The van der Waals surface area contributed by atoms with E-state index in [4.69, 9.17) is 0 Å². The fourth-order valence-electron chi connectivity index (χ4n) is 3.09. The van der Waals surface area contributed by atoms with Gasteiger partial charge in [0.05, 0.1) is 4.90 Å². The van der Waals surface area contributed by atoms with E-state index < -0.39 is 9.84 Å². The lowest BCUT2D eigenvalue weighted by molar-refractivity contribution is 0.602. The van der Waals surface area contributed by atoms with E-state index in [-0.39, 0.29) is 5.41 Å². The van der Waals surface area contributed by atoms with Crippen LogP contribution in [0.25, 0.3) is 11.1 Å². The number of aromatic nitrogens is 1. The molecule has 1 heterocycles. The van der Waals surface area contributed by atoms with Crippen LogP contribution in [0.5, 0.6) is 0 Å². The molecule has 116 valence electrons. The first-order chi connectivity index (χ1) is 11.0. The molecule has 2 aliphatic rings. The molecule has 2 aliphatic carbocycles. The molecule has 0 amide bonds. The van der Waals surface area contributed by atoms with Crippen LogP contribution in [0.15, 0.2) is 65.8 Å². The van der Waals surface area contributed by atoms with Crippen molar-refractivity contribution in [3.8, 4) is 0 Å². The lowest BCUT2D eigenvalue weighted by atomic mass is 9.96. The van der Waals surface area contributed by atoms with E-state index in [0.717, 1.165) is 11.1 Å². The summed E-state index contributed by atoms with van der Waals surface area (Å²) in [4.78, 5) is 4.58. The first kappa shape index (κ1) is 14.4. The molecular formula is C19H17NO2S. The largest absolute Gasteiger partial charge is 0.264 e. The molecule has 1 aromatic heterocycles. The van der Waals surface area contributed by atoms with Gasteiger partial charge in [-0.1, -0.05) is 30.4 Å².